The molecule has 0 aromatic heterocycles. The van der Waals surface area contributed by atoms with E-state index in [4.69, 9.17) is 28.3 Å². The Balaban J connectivity index is 2.70. The first-order valence-electron chi connectivity index (χ1n) is 23.7. The van der Waals surface area contributed by atoms with Crippen molar-refractivity contribution in [2.75, 3.05) is 13.2 Å². The number of hydrogen-bond acceptors (Lipinski definition) is 15. The summed E-state index contributed by atoms with van der Waals surface area (Å²) in [6.45, 7) is 2.76. The number of aliphatic hydroxyl groups excluding tert-OH is 6. The van der Waals surface area contributed by atoms with Gasteiger partial charge in [-0.15, -0.1) is 0 Å². The second-order valence-corrected chi connectivity index (χ2v) is 19.1. The minimum Gasteiger partial charge on any atom is -0.462 e. The fourth-order valence-corrected chi connectivity index (χ4v) is 8.29. The lowest BCUT2D eigenvalue weighted by molar-refractivity contribution is -0.216. The van der Waals surface area contributed by atoms with Crippen LogP contribution in [-0.4, -0.2) is 125 Å². The van der Waals surface area contributed by atoms with Crippen LogP contribution in [0.15, 0.2) is 72.9 Å². The summed E-state index contributed by atoms with van der Waals surface area (Å²) >= 11 is 0. The smallest absolute Gasteiger partial charge is 0.462 e. The van der Waals surface area contributed by atoms with Gasteiger partial charge in [-0.05, 0) is 38.5 Å². The summed E-state index contributed by atoms with van der Waals surface area (Å²) in [7, 11) is -10.7. The number of hydrogen-bond donors (Lipinski definition) is 9. The van der Waals surface area contributed by atoms with E-state index in [1.54, 1.807) is 54.7 Å². The van der Waals surface area contributed by atoms with Crippen LogP contribution in [0.5, 0.6) is 0 Å². The molecule has 0 aromatic rings. The molecule has 1 rings (SSSR count). The Bertz CT molecular complexity index is 1610. The van der Waals surface area contributed by atoms with E-state index in [9.17, 15) is 54.3 Å². The zero-order valence-electron chi connectivity index (χ0n) is 39.3. The Morgan fingerprint density at radius 1 is 0.567 bits per heavy atom. The third kappa shape index (κ3) is 32.0. The lowest BCUT2D eigenvalue weighted by atomic mass is 9.85. The van der Waals surface area contributed by atoms with Crippen molar-refractivity contribution in [1.82, 2.24) is 0 Å². The van der Waals surface area contributed by atoms with Gasteiger partial charge < -0.3 is 54.8 Å². The first-order chi connectivity index (χ1) is 31.9. The Morgan fingerprint density at radius 2 is 1.07 bits per heavy atom. The molecule has 0 heterocycles. The van der Waals surface area contributed by atoms with Gasteiger partial charge in [-0.3, -0.25) is 23.2 Å². The minimum atomic E-state index is -5.39. The van der Waals surface area contributed by atoms with Gasteiger partial charge in [0.25, 0.3) is 0 Å². The Morgan fingerprint density at radius 3 is 1.61 bits per heavy atom. The molecule has 0 aromatic carbocycles. The van der Waals surface area contributed by atoms with Crippen molar-refractivity contribution >= 4 is 27.6 Å². The number of carbonyl (C=O) groups excluding carboxylic acids is 2. The van der Waals surface area contributed by atoms with E-state index >= 15 is 0 Å². The number of unbranched alkanes of at least 4 members (excludes halogenated alkanes) is 12. The van der Waals surface area contributed by atoms with Crippen LogP contribution in [-0.2, 0) is 41.8 Å². The molecular weight excluding hydrogens is 914 g/mol. The molecule has 0 spiro atoms. The van der Waals surface area contributed by atoms with Gasteiger partial charge >= 0.3 is 27.6 Å². The van der Waals surface area contributed by atoms with Crippen molar-refractivity contribution in [1.29, 1.82) is 0 Å². The number of allylic oxidation sites excluding steroid dienone is 8. The predicted octanol–water partition coefficient (Wildman–Crippen LogP) is 6.78. The van der Waals surface area contributed by atoms with Crippen LogP contribution in [0.25, 0.3) is 0 Å². The highest BCUT2D eigenvalue weighted by molar-refractivity contribution is 7.47. The maximum absolute atomic E-state index is 13.0. The monoisotopic (exact) mass is 994 g/mol. The van der Waals surface area contributed by atoms with E-state index in [-0.39, 0.29) is 19.3 Å². The Hall–Kier alpha value is -2.64. The number of rotatable bonds is 38. The molecular formula is C47H80O18P2. The number of esters is 2. The molecule has 1 saturated carbocycles. The molecule has 0 amide bonds. The van der Waals surface area contributed by atoms with Crippen LogP contribution >= 0.6 is 15.6 Å². The summed E-state index contributed by atoms with van der Waals surface area (Å²) in [6, 6.07) is 0. The predicted molar refractivity (Wildman–Crippen MR) is 253 cm³/mol. The van der Waals surface area contributed by atoms with Crippen molar-refractivity contribution in [3.8, 4) is 0 Å². The standard InChI is InChI=1S/C47H80O18P2/c1-3-5-7-8-9-10-11-12-13-14-15-19-27-33-40(50)61-35-39(36-62-67(59,60)65-47-44(54)42(52)43(53)46(45(47)55)64-66(56,57)58)63-41(51)34-28-20-17-16-18-24-30-38(49)32-26-22-21-25-31-37(48)29-23-6-4-2/h6,17-18,20-26,31-32,37-39,42-49,52-55H,3-5,7-16,19,27-30,33-36H2,1-2H3,(H,59,60)(H2,56,57,58)/b20-17-,22-21-,23-6-,24-18-,31-25+,32-26+/t37-,38+,39+,42?,43?,44?,45?,46+,47-/m0/s1. The fourth-order valence-electron chi connectivity index (χ4n) is 6.76. The maximum atomic E-state index is 13.0. The zero-order valence-corrected chi connectivity index (χ0v) is 41.1. The number of carbonyl (C=O) groups is 2. The van der Waals surface area contributed by atoms with Gasteiger partial charge in [-0.1, -0.05) is 164 Å². The average Bonchev–Trinajstić information content (AvgIpc) is 3.27. The molecule has 1 fully saturated rings. The van der Waals surface area contributed by atoms with Gasteiger partial charge in [0.15, 0.2) is 6.10 Å². The van der Waals surface area contributed by atoms with Crippen molar-refractivity contribution in [3.05, 3.63) is 72.9 Å². The second-order valence-electron chi connectivity index (χ2n) is 16.5. The SMILES string of the molecule is CC/C=C\C[C@H](O)/C=C/C=C\C=C\[C@H](O)C/C=C\C/C=C\CCC(=O)O[C@H](COC(=O)CCCCCCCCCCCCCCC)COP(=O)(O)O[C@H]1C(O)C(O)C(O)[C@@H](OP(=O)(O)O)C1O. The second kappa shape index (κ2) is 37.2. The minimum absolute atomic E-state index is 0.0820. The largest absolute Gasteiger partial charge is 0.472 e. The lowest BCUT2D eigenvalue weighted by Crippen LogP contribution is -2.64. The van der Waals surface area contributed by atoms with Crippen LogP contribution < -0.4 is 0 Å². The Labute approximate surface area is 397 Å². The van der Waals surface area contributed by atoms with Crippen LogP contribution in [0.4, 0.5) is 0 Å². The Kier molecular flexibility index (Phi) is 34.7. The maximum Gasteiger partial charge on any atom is 0.472 e. The molecule has 18 nitrogen and oxygen atoms in total. The van der Waals surface area contributed by atoms with E-state index in [1.165, 1.54) is 51.4 Å². The van der Waals surface area contributed by atoms with E-state index < -0.39 is 95.7 Å². The summed E-state index contributed by atoms with van der Waals surface area (Å²) in [4.78, 5) is 54.2. The molecule has 0 aliphatic heterocycles. The molecule has 9 N–H and O–H groups in total. The first-order valence-corrected chi connectivity index (χ1v) is 26.7. The summed E-state index contributed by atoms with van der Waals surface area (Å²) in [5.41, 5.74) is 0. The lowest BCUT2D eigenvalue weighted by Gasteiger charge is -2.43. The van der Waals surface area contributed by atoms with Crippen LogP contribution in [0.2, 0.25) is 0 Å². The number of phosphoric acid groups is 2. The average molecular weight is 995 g/mol. The van der Waals surface area contributed by atoms with E-state index in [2.05, 4.69) is 11.4 Å². The number of phosphoric ester groups is 2. The zero-order chi connectivity index (χ0) is 49.9. The fraction of sp³-hybridized carbons (Fsp3) is 0.702. The normalized spacial score (nSPS) is 23.0. The van der Waals surface area contributed by atoms with Gasteiger partial charge in [-0.2, -0.15) is 0 Å². The molecule has 0 bridgehead atoms. The van der Waals surface area contributed by atoms with Crippen molar-refractivity contribution in [3.63, 3.8) is 0 Å². The third-order valence-electron chi connectivity index (χ3n) is 10.5. The van der Waals surface area contributed by atoms with Gasteiger partial charge in [0.2, 0.25) is 0 Å². The first kappa shape index (κ1) is 62.4. The van der Waals surface area contributed by atoms with Gasteiger partial charge in [-0.25, -0.2) is 9.13 Å². The summed E-state index contributed by atoms with van der Waals surface area (Å²) in [5.74, 6) is -1.38. The third-order valence-corrected chi connectivity index (χ3v) is 12.0. The summed E-state index contributed by atoms with van der Waals surface area (Å²) in [6.07, 6.45) is 22.2. The molecule has 20 heteroatoms. The van der Waals surface area contributed by atoms with Crippen molar-refractivity contribution < 1.29 is 87.1 Å². The van der Waals surface area contributed by atoms with Crippen LogP contribution in [0.1, 0.15) is 142 Å². The highest BCUT2D eigenvalue weighted by Gasteiger charge is 2.54. The van der Waals surface area contributed by atoms with Crippen molar-refractivity contribution in [2.24, 2.45) is 0 Å². The topological polar surface area (TPSA) is 296 Å². The highest BCUT2D eigenvalue weighted by atomic mass is 31.2. The molecule has 1 aliphatic rings. The van der Waals surface area contributed by atoms with E-state index in [0.29, 0.717) is 25.7 Å². The molecule has 10 atom stereocenters. The molecule has 0 radical (unpaired) electrons. The molecule has 5 unspecified atom stereocenters. The molecule has 67 heavy (non-hydrogen) atoms. The van der Waals surface area contributed by atoms with E-state index in [0.717, 1.165) is 32.1 Å². The summed E-state index contributed by atoms with van der Waals surface area (Å²) in [5, 5.41) is 61.2. The van der Waals surface area contributed by atoms with Crippen molar-refractivity contribution in [2.45, 2.75) is 197 Å². The van der Waals surface area contributed by atoms with Gasteiger partial charge in [0.05, 0.1) is 18.8 Å². The molecule has 0 saturated heterocycles. The van der Waals surface area contributed by atoms with Crippen LogP contribution in [0, 0.1) is 0 Å². The van der Waals surface area contributed by atoms with Gasteiger partial charge in [0.1, 0.15) is 43.2 Å². The molecule has 386 valence electrons. The quantitative estimate of drug-likeness (QED) is 0.0101. The highest BCUT2D eigenvalue weighted by Crippen LogP contribution is 2.49. The number of aliphatic hydroxyl groups is 6. The van der Waals surface area contributed by atoms with Gasteiger partial charge in [0, 0.05) is 12.8 Å². The molecule has 1 aliphatic carbocycles. The number of ether oxygens (including phenoxy) is 2. The summed E-state index contributed by atoms with van der Waals surface area (Å²) < 4.78 is 49.2. The van der Waals surface area contributed by atoms with Crippen LogP contribution in [0.3, 0.4) is 0 Å². The van der Waals surface area contributed by atoms with E-state index in [1.807, 2.05) is 25.2 Å².